The van der Waals surface area contributed by atoms with Gasteiger partial charge >= 0.3 is 0 Å². The molecule has 0 aliphatic heterocycles. The first-order valence-electron chi connectivity index (χ1n) is 5.90. The van der Waals surface area contributed by atoms with Crippen LogP contribution in [0.3, 0.4) is 0 Å². The molecular weight excluding hydrogens is 323 g/mol. The van der Waals surface area contributed by atoms with Crippen molar-refractivity contribution in [2.24, 2.45) is 0 Å². The number of nitriles is 1. The lowest BCUT2D eigenvalue weighted by molar-refractivity contribution is 0.630. The molecule has 2 rings (SSSR count). The van der Waals surface area contributed by atoms with Crippen molar-refractivity contribution in [2.45, 2.75) is 19.4 Å². The molecule has 0 bridgehead atoms. The lowest BCUT2D eigenvalue weighted by atomic mass is 10.1. The molecule has 20 heavy (non-hydrogen) atoms. The highest BCUT2D eigenvalue weighted by Gasteiger charge is 2.17. The molecule has 0 aliphatic rings. The minimum Gasteiger partial charge on any atom is -0.351 e. The summed E-state index contributed by atoms with van der Waals surface area (Å²) in [6.45, 7) is 3.47. The lowest BCUT2D eigenvalue weighted by Gasteiger charge is -2.17. The fourth-order valence-corrected chi connectivity index (χ4v) is 1.95. The summed E-state index contributed by atoms with van der Waals surface area (Å²) in [6.07, 6.45) is 0. The number of rotatable bonds is 3. The maximum Gasteiger partial charge on any atom is 0.149 e. The molecule has 0 atom stereocenters. The predicted molar refractivity (Wildman–Crippen MR) is 78.4 cm³/mol. The first kappa shape index (κ1) is 14.4. The van der Waals surface area contributed by atoms with Crippen molar-refractivity contribution in [3.63, 3.8) is 0 Å². The van der Waals surface area contributed by atoms with Gasteiger partial charge in [0.15, 0.2) is 0 Å². The summed E-state index contributed by atoms with van der Waals surface area (Å²) in [5, 5.41) is 19.8. The van der Waals surface area contributed by atoms with Gasteiger partial charge in [0.25, 0.3) is 0 Å². The van der Waals surface area contributed by atoms with Gasteiger partial charge in [-0.1, -0.05) is 15.9 Å². The van der Waals surface area contributed by atoms with Crippen molar-refractivity contribution in [3.05, 3.63) is 40.6 Å². The van der Waals surface area contributed by atoms with E-state index in [4.69, 9.17) is 5.26 Å². The second-order valence-electron chi connectivity index (χ2n) is 4.79. The van der Waals surface area contributed by atoms with E-state index in [0.29, 0.717) is 17.1 Å². The molecule has 1 N–H and O–H groups in total. The maximum absolute atomic E-state index is 13.7. The molecular formula is C14H12BrFN4. The smallest absolute Gasteiger partial charge is 0.149 e. The van der Waals surface area contributed by atoms with Gasteiger partial charge in [-0.15, -0.1) is 10.2 Å². The lowest BCUT2D eigenvalue weighted by Crippen LogP contribution is -2.29. The van der Waals surface area contributed by atoms with Crippen molar-refractivity contribution < 1.29 is 4.39 Å². The maximum atomic E-state index is 13.7. The Balaban J connectivity index is 2.29. The Bertz CT molecular complexity index is 662. The standard InChI is InChI=1S/C14H12BrFN4/c1-14(2,8-17)18-13-6-5-12(19-20-13)10-7-9(15)3-4-11(10)16/h3-7H,1-2H3,(H,18,20). The highest BCUT2D eigenvalue weighted by molar-refractivity contribution is 9.10. The molecule has 0 saturated carbocycles. The van der Waals surface area contributed by atoms with Crippen LogP contribution < -0.4 is 5.32 Å². The van der Waals surface area contributed by atoms with E-state index in [1.165, 1.54) is 6.07 Å². The van der Waals surface area contributed by atoms with Gasteiger partial charge in [-0.3, -0.25) is 0 Å². The van der Waals surface area contributed by atoms with E-state index in [9.17, 15) is 4.39 Å². The minimum atomic E-state index is -0.739. The Morgan fingerprint density at radius 2 is 2.00 bits per heavy atom. The fraction of sp³-hybridized carbons (Fsp3) is 0.214. The zero-order valence-electron chi connectivity index (χ0n) is 11.0. The molecule has 102 valence electrons. The molecule has 0 aliphatic carbocycles. The van der Waals surface area contributed by atoms with Gasteiger partial charge in [0.2, 0.25) is 0 Å². The van der Waals surface area contributed by atoms with Gasteiger partial charge in [-0.2, -0.15) is 5.26 Å². The van der Waals surface area contributed by atoms with E-state index in [-0.39, 0.29) is 5.82 Å². The number of hydrogen-bond acceptors (Lipinski definition) is 4. The Hall–Kier alpha value is -2.00. The predicted octanol–water partition coefficient (Wildman–Crippen LogP) is 3.76. The highest BCUT2D eigenvalue weighted by Crippen LogP contribution is 2.25. The zero-order valence-corrected chi connectivity index (χ0v) is 12.6. The Kier molecular flexibility index (Phi) is 4.00. The third-order valence-corrected chi connectivity index (χ3v) is 3.08. The Morgan fingerprint density at radius 1 is 1.25 bits per heavy atom. The zero-order chi connectivity index (χ0) is 14.8. The molecule has 0 unspecified atom stereocenters. The van der Waals surface area contributed by atoms with Crippen LogP contribution in [-0.4, -0.2) is 15.7 Å². The van der Waals surface area contributed by atoms with Crippen LogP contribution in [0.1, 0.15) is 13.8 Å². The topological polar surface area (TPSA) is 61.6 Å². The summed E-state index contributed by atoms with van der Waals surface area (Å²) < 4.78 is 14.5. The van der Waals surface area contributed by atoms with Crippen LogP contribution in [0.25, 0.3) is 11.3 Å². The molecule has 1 heterocycles. The number of halogens is 2. The van der Waals surface area contributed by atoms with Gasteiger partial charge in [0.05, 0.1) is 11.8 Å². The summed E-state index contributed by atoms with van der Waals surface area (Å²) in [6, 6.07) is 10.1. The largest absolute Gasteiger partial charge is 0.351 e. The fourth-order valence-electron chi connectivity index (χ4n) is 1.58. The third-order valence-electron chi connectivity index (χ3n) is 2.59. The summed E-state index contributed by atoms with van der Waals surface area (Å²) >= 11 is 3.29. The second kappa shape index (κ2) is 5.55. The van der Waals surface area contributed by atoms with Crippen LogP contribution in [0.5, 0.6) is 0 Å². The summed E-state index contributed by atoms with van der Waals surface area (Å²) in [5.74, 6) is 0.108. The number of hydrogen-bond donors (Lipinski definition) is 1. The second-order valence-corrected chi connectivity index (χ2v) is 5.71. The van der Waals surface area contributed by atoms with Crippen LogP contribution in [0.4, 0.5) is 10.2 Å². The van der Waals surface area contributed by atoms with Gasteiger partial charge in [-0.05, 0) is 44.2 Å². The number of benzene rings is 1. The summed E-state index contributed by atoms with van der Waals surface area (Å²) in [7, 11) is 0. The molecule has 0 amide bonds. The van der Waals surface area contributed by atoms with Crippen LogP contribution >= 0.6 is 15.9 Å². The van der Waals surface area contributed by atoms with E-state index < -0.39 is 5.54 Å². The van der Waals surface area contributed by atoms with Gasteiger partial charge in [-0.25, -0.2) is 4.39 Å². The van der Waals surface area contributed by atoms with Crippen molar-refractivity contribution >= 4 is 21.7 Å². The van der Waals surface area contributed by atoms with E-state index in [1.807, 2.05) is 0 Å². The molecule has 1 aromatic carbocycles. The SMILES string of the molecule is CC(C)(C#N)Nc1ccc(-c2cc(Br)ccc2F)nn1. The molecule has 6 heteroatoms. The molecule has 2 aromatic rings. The van der Waals surface area contributed by atoms with Gasteiger partial charge in [0.1, 0.15) is 17.2 Å². The number of anilines is 1. The number of nitrogens with zero attached hydrogens (tertiary/aromatic N) is 3. The van der Waals surface area contributed by atoms with Crippen molar-refractivity contribution in [1.82, 2.24) is 10.2 Å². The van der Waals surface area contributed by atoms with Crippen LogP contribution in [0.2, 0.25) is 0 Å². The molecule has 0 spiro atoms. The van der Waals surface area contributed by atoms with Crippen LogP contribution in [0.15, 0.2) is 34.8 Å². The van der Waals surface area contributed by atoms with E-state index >= 15 is 0 Å². The third kappa shape index (κ3) is 3.31. The number of aromatic nitrogens is 2. The molecule has 4 nitrogen and oxygen atoms in total. The molecule has 0 saturated heterocycles. The Labute approximate surface area is 124 Å². The Morgan fingerprint density at radius 3 is 2.60 bits per heavy atom. The molecule has 1 aromatic heterocycles. The van der Waals surface area contributed by atoms with Crippen molar-refractivity contribution in [2.75, 3.05) is 5.32 Å². The van der Waals surface area contributed by atoms with Crippen LogP contribution in [-0.2, 0) is 0 Å². The van der Waals surface area contributed by atoms with Gasteiger partial charge in [0, 0.05) is 10.0 Å². The summed E-state index contributed by atoms with van der Waals surface area (Å²) in [5.41, 5.74) is 0.0686. The quantitative estimate of drug-likeness (QED) is 0.928. The monoisotopic (exact) mass is 334 g/mol. The average Bonchev–Trinajstić information content (AvgIpc) is 2.42. The van der Waals surface area contributed by atoms with Crippen molar-refractivity contribution in [3.8, 4) is 17.3 Å². The molecule has 0 fully saturated rings. The van der Waals surface area contributed by atoms with E-state index in [2.05, 4.69) is 37.5 Å². The molecule has 0 radical (unpaired) electrons. The van der Waals surface area contributed by atoms with Gasteiger partial charge < -0.3 is 5.32 Å². The first-order valence-corrected chi connectivity index (χ1v) is 6.69. The average molecular weight is 335 g/mol. The van der Waals surface area contributed by atoms with E-state index in [0.717, 1.165) is 4.47 Å². The minimum absolute atomic E-state index is 0.361. The first-order chi connectivity index (χ1) is 9.41. The highest BCUT2D eigenvalue weighted by atomic mass is 79.9. The summed E-state index contributed by atoms with van der Waals surface area (Å²) in [4.78, 5) is 0. The van der Waals surface area contributed by atoms with Crippen LogP contribution in [0, 0.1) is 17.1 Å². The number of nitrogens with one attached hydrogen (secondary N) is 1. The van der Waals surface area contributed by atoms with E-state index in [1.54, 1.807) is 38.1 Å². The van der Waals surface area contributed by atoms with Crippen molar-refractivity contribution in [1.29, 1.82) is 5.26 Å². The normalized spacial score (nSPS) is 10.9.